The van der Waals surface area contributed by atoms with Crippen LogP contribution in [0.3, 0.4) is 0 Å². The molecule has 2 N–H and O–H groups in total. The molecule has 0 bridgehead atoms. The van der Waals surface area contributed by atoms with Crippen molar-refractivity contribution < 1.29 is 13.2 Å². The summed E-state index contributed by atoms with van der Waals surface area (Å²) in [4.78, 5) is 12.1. The van der Waals surface area contributed by atoms with Crippen molar-refractivity contribution in [3.05, 3.63) is 23.8 Å². The van der Waals surface area contributed by atoms with Crippen molar-refractivity contribution in [1.29, 1.82) is 0 Å². The molecule has 0 spiro atoms. The van der Waals surface area contributed by atoms with E-state index in [1.54, 1.807) is 26.0 Å². The number of nitrogens with one attached hydrogen (secondary N) is 2. The number of carbonyl (C=O) groups excluding carboxylic acids is 1. The Hall–Kier alpha value is -1.40. The van der Waals surface area contributed by atoms with E-state index in [4.69, 9.17) is 0 Å². The zero-order valence-corrected chi connectivity index (χ0v) is 13.0. The molecule has 0 aromatic heterocycles. The average molecular weight is 296 g/mol. The van der Waals surface area contributed by atoms with Crippen LogP contribution in [0, 0.1) is 0 Å². The van der Waals surface area contributed by atoms with E-state index in [1.165, 1.54) is 6.07 Å². The Morgan fingerprint density at radius 1 is 1.35 bits per heavy atom. The van der Waals surface area contributed by atoms with Crippen molar-refractivity contribution >= 4 is 21.6 Å². The Morgan fingerprint density at radius 3 is 2.60 bits per heavy atom. The number of amides is 1. The van der Waals surface area contributed by atoms with Crippen LogP contribution < -0.4 is 10.0 Å². The molecule has 2 rings (SSSR count). The van der Waals surface area contributed by atoms with E-state index in [0.717, 1.165) is 12.0 Å². The van der Waals surface area contributed by atoms with E-state index < -0.39 is 15.4 Å². The van der Waals surface area contributed by atoms with Gasteiger partial charge in [0.25, 0.3) is 0 Å². The van der Waals surface area contributed by atoms with Crippen LogP contribution in [0.4, 0.5) is 5.69 Å². The second-order valence-corrected chi connectivity index (χ2v) is 7.43. The number of rotatable bonds is 4. The summed E-state index contributed by atoms with van der Waals surface area (Å²) in [6.45, 7) is 7.31. The smallest absolute Gasteiger partial charge is 0.240 e. The Labute approximate surface area is 119 Å². The molecule has 110 valence electrons. The molecule has 1 heterocycles. The van der Waals surface area contributed by atoms with Gasteiger partial charge in [0.1, 0.15) is 0 Å². The first-order chi connectivity index (χ1) is 9.18. The fraction of sp³-hybridized carbons (Fsp3) is 0.500. The van der Waals surface area contributed by atoms with Gasteiger partial charge >= 0.3 is 0 Å². The lowest BCUT2D eigenvalue weighted by molar-refractivity contribution is -0.119. The lowest BCUT2D eigenvalue weighted by Crippen LogP contribution is -2.32. The van der Waals surface area contributed by atoms with E-state index in [1.807, 2.05) is 13.8 Å². The Bertz CT molecular complexity index is 650. The third-order valence-electron chi connectivity index (χ3n) is 3.76. The fourth-order valence-electron chi connectivity index (χ4n) is 2.13. The van der Waals surface area contributed by atoms with E-state index in [0.29, 0.717) is 5.69 Å². The number of fused-ring (bicyclic) bond motifs is 1. The maximum atomic E-state index is 12.3. The van der Waals surface area contributed by atoms with E-state index in [9.17, 15) is 13.2 Å². The predicted octanol–water partition coefficient (Wildman–Crippen LogP) is 1.99. The maximum Gasteiger partial charge on any atom is 0.240 e. The zero-order chi connectivity index (χ0) is 15.1. The van der Waals surface area contributed by atoms with Crippen LogP contribution in [-0.4, -0.2) is 20.4 Å². The van der Waals surface area contributed by atoms with Gasteiger partial charge in [-0.25, -0.2) is 13.1 Å². The molecular formula is C14H20N2O3S. The first-order valence-electron chi connectivity index (χ1n) is 6.67. The zero-order valence-electron chi connectivity index (χ0n) is 12.1. The molecule has 1 amide bonds. The topological polar surface area (TPSA) is 75.3 Å². The minimum atomic E-state index is -3.55. The standard InChI is InChI=1S/C14H20N2O3S/c1-5-9(2)16-20(18,19)10-6-7-12-11(8-10)14(3,4)13(17)15-12/h6-9,16H,5H2,1-4H3,(H,15,17)/t9-/m0/s1. The quantitative estimate of drug-likeness (QED) is 0.892. The minimum Gasteiger partial charge on any atom is -0.325 e. The van der Waals surface area contributed by atoms with E-state index in [2.05, 4.69) is 10.0 Å². The second-order valence-electron chi connectivity index (χ2n) is 5.72. The first-order valence-corrected chi connectivity index (χ1v) is 8.15. The maximum absolute atomic E-state index is 12.3. The van der Waals surface area contributed by atoms with Crippen molar-refractivity contribution in [2.24, 2.45) is 0 Å². The molecule has 0 unspecified atom stereocenters. The van der Waals surface area contributed by atoms with Gasteiger partial charge in [-0.2, -0.15) is 0 Å². The van der Waals surface area contributed by atoms with Gasteiger partial charge in [0.2, 0.25) is 15.9 Å². The molecule has 1 aromatic carbocycles. The van der Waals surface area contributed by atoms with Gasteiger partial charge in [0.05, 0.1) is 10.3 Å². The number of benzene rings is 1. The minimum absolute atomic E-state index is 0.114. The van der Waals surface area contributed by atoms with Crippen LogP contribution in [0.2, 0.25) is 0 Å². The number of hydrogen-bond donors (Lipinski definition) is 2. The molecule has 0 saturated carbocycles. The lowest BCUT2D eigenvalue weighted by Gasteiger charge is -2.17. The predicted molar refractivity (Wildman–Crippen MR) is 78.2 cm³/mol. The molecule has 1 aliphatic heterocycles. The van der Waals surface area contributed by atoms with Gasteiger partial charge in [0.15, 0.2) is 0 Å². The monoisotopic (exact) mass is 296 g/mol. The summed E-state index contributed by atoms with van der Waals surface area (Å²) in [5.74, 6) is -0.114. The van der Waals surface area contributed by atoms with E-state index >= 15 is 0 Å². The van der Waals surface area contributed by atoms with Gasteiger partial charge in [0, 0.05) is 11.7 Å². The summed E-state index contributed by atoms with van der Waals surface area (Å²) in [6, 6.07) is 4.62. The van der Waals surface area contributed by atoms with Gasteiger partial charge in [-0.1, -0.05) is 6.92 Å². The Kier molecular flexibility index (Phi) is 3.64. The number of sulfonamides is 1. The summed E-state index contributed by atoms with van der Waals surface area (Å²) in [5, 5.41) is 2.76. The normalized spacial score (nSPS) is 18.5. The molecule has 6 heteroatoms. The van der Waals surface area contributed by atoms with Crippen molar-refractivity contribution in [2.75, 3.05) is 5.32 Å². The van der Waals surface area contributed by atoms with Crippen LogP contribution in [0.15, 0.2) is 23.1 Å². The van der Waals surface area contributed by atoms with Crippen molar-refractivity contribution in [3.63, 3.8) is 0 Å². The number of carbonyl (C=O) groups is 1. The summed E-state index contributed by atoms with van der Waals surface area (Å²) < 4.78 is 27.2. The highest BCUT2D eigenvalue weighted by Crippen LogP contribution is 2.38. The Morgan fingerprint density at radius 2 is 2.00 bits per heavy atom. The highest BCUT2D eigenvalue weighted by atomic mass is 32.2. The molecule has 0 fully saturated rings. The SMILES string of the molecule is CC[C@H](C)NS(=O)(=O)c1ccc2c(c1)C(C)(C)C(=O)N2. The van der Waals surface area contributed by atoms with Gasteiger partial charge in [-0.3, -0.25) is 4.79 Å². The molecule has 5 nitrogen and oxygen atoms in total. The number of anilines is 1. The third-order valence-corrected chi connectivity index (χ3v) is 5.35. The van der Waals surface area contributed by atoms with Gasteiger partial charge < -0.3 is 5.32 Å². The van der Waals surface area contributed by atoms with Crippen LogP contribution >= 0.6 is 0 Å². The van der Waals surface area contributed by atoms with Gasteiger partial charge in [-0.15, -0.1) is 0 Å². The summed E-state index contributed by atoms with van der Waals surface area (Å²) in [5.41, 5.74) is 0.689. The van der Waals surface area contributed by atoms with Crippen LogP contribution in [-0.2, 0) is 20.2 Å². The Balaban J connectivity index is 2.43. The molecule has 0 radical (unpaired) electrons. The molecule has 1 aliphatic rings. The second kappa shape index (κ2) is 4.86. The van der Waals surface area contributed by atoms with E-state index in [-0.39, 0.29) is 16.8 Å². The largest absolute Gasteiger partial charge is 0.325 e. The first kappa shape index (κ1) is 15.0. The fourth-order valence-corrected chi connectivity index (χ4v) is 3.49. The van der Waals surface area contributed by atoms with Crippen LogP contribution in [0.25, 0.3) is 0 Å². The van der Waals surface area contributed by atoms with Crippen LogP contribution in [0.1, 0.15) is 39.7 Å². The average Bonchev–Trinajstić information content (AvgIpc) is 2.59. The highest BCUT2D eigenvalue weighted by molar-refractivity contribution is 7.89. The summed E-state index contributed by atoms with van der Waals surface area (Å²) >= 11 is 0. The molecule has 20 heavy (non-hydrogen) atoms. The lowest BCUT2D eigenvalue weighted by atomic mass is 9.86. The van der Waals surface area contributed by atoms with Crippen molar-refractivity contribution in [1.82, 2.24) is 4.72 Å². The molecule has 0 saturated heterocycles. The molecular weight excluding hydrogens is 276 g/mol. The third kappa shape index (κ3) is 2.45. The van der Waals surface area contributed by atoms with Crippen molar-refractivity contribution in [3.8, 4) is 0 Å². The molecule has 1 aromatic rings. The van der Waals surface area contributed by atoms with Crippen LogP contribution in [0.5, 0.6) is 0 Å². The summed E-state index contributed by atoms with van der Waals surface area (Å²) in [7, 11) is -3.55. The highest BCUT2D eigenvalue weighted by Gasteiger charge is 2.39. The number of hydrogen-bond acceptors (Lipinski definition) is 3. The molecule has 1 atom stereocenters. The van der Waals surface area contributed by atoms with Gasteiger partial charge in [-0.05, 0) is 51.0 Å². The summed E-state index contributed by atoms with van der Waals surface area (Å²) in [6.07, 6.45) is 0.718. The molecule has 0 aliphatic carbocycles. The van der Waals surface area contributed by atoms with Crippen molar-refractivity contribution in [2.45, 2.75) is 50.5 Å².